The number of furan rings is 1. The highest BCUT2D eigenvalue weighted by Crippen LogP contribution is 2.40. The zero-order chi connectivity index (χ0) is 28.7. The van der Waals surface area contributed by atoms with E-state index >= 15 is 0 Å². The minimum atomic E-state index is -3.36. The van der Waals surface area contributed by atoms with Gasteiger partial charge in [-0.1, -0.05) is 78.9 Å². The predicted molar refractivity (Wildman–Crippen MR) is 175 cm³/mol. The van der Waals surface area contributed by atoms with Gasteiger partial charge in [0.25, 0.3) is 0 Å². The molecule has 0 N–H and O–H groups in total. The number of hydrogen-bond acceptors (Lipinski definition) is 3. The van der Waals surface area contributed by atoms with Gasteiger partial charge in [0.15, 0.2) is 9.84 Å². The van der Waals surface area contributed by atoms with E-state index in [0.29, 0.717) is 0 Å². The molecule has 0 bridgehead atoms. The van der Waals surface area contributed by atoms with E-state index in [1.165, 1.54) is 10.8 Å². The average Bonchev–Trinajstić information content (AvgIpc) is 3.53. The summed E-state index contributed by atoms with van der Waals surface area (Å²) in [5, 5.41) is 4.52. The van der Waals surface area contributed by atoms with Gasteiger partial charge in [-0.15, -0.1) is 0 Å². The molecule has 3 heterocycles. The molecule has 0 unspecified atom stereocenters. The van der Waals surface area contributed by atoms with Gasteiger partial charge in [-0.2, -0.15) is 0 Å². The molecule has 0 aliphatic carbocycles. The molecule has 5 heteroatoms. The first-order valence-corrected chi connectivity index (χ1v) is 16.2. The van der Waals surface area contributed by atoms with Crippen LogP contribution in [0.3, 0.4) is 0 Å². The van der Waals surface area contributed by atoms with E-state index in [9.17, 15) is 8.42 Å². The molecule has 6 aromatic carbocycles. The van der Waals surface area contributed by atoms with E-state index in [1.807, 2.05) is 36.4 Å². The molecule has 0 radical (unpaired) electrons. The van der Waals surface area contributed by atoms with Crippen LogP contribution in [0.4, 0.5) is 0 Å². The van der Waals surface area contributed by atoms with Gasteiger partial charge < -0.3 is 8.98 Å². The Kier molecular flexibility index (Phi) is 5.08. The van der Waals surface area contributed by atoms with E-state index in [-0.39, 0.29) is 11.5 Å². The van der Waals surface area contributed by atoms with Crippen molar-refractivity contribution < 1.29 is 12.8 Å². The second-order valence-electron chi connectivity index (χ2n) is 11.4. The Morgan fingerprint density at radius 1 is 0.512 bits per heavy atom. The van der Waals surface area contributed by atoms with Crippen LogP contribution in [0.25, 0.3) is 71.7 Å². The molecule has 1 aliphatic rings. The minimum absolute atomic E-state index is 0.00640. The molecule has 206 valence electrons. The maximum Gasteiger partial charge on any atom is 0.158 e. The number of sulfone groups is 1. The van der Waals surface area contributed by atoms with E-state index in [0.717, 1.165) is 72.0 Å². The average molecular weight is 576 g/mol. The second kappa shape index (κ2) is 8.93. The molecule has 9 rings (SSSR count). The lowest BCUT2D eigenvalue weighted by Gasteiger charge is -2.14. The summed E-state index contributed by atoms with van der Waals surface area (Å²) in [4.78, 5) is 0. The van der Waals surface area contributed by atoms with Crippen molar-refractivity contribution >= 4 is 53.6 Å². The molecular weight excluding hydrogens is 550 g/mol. The van der Waals surface area contributed by atoms with Gasteiger partial charge in [0.1, 0.15) is 11.2 Å². The number of benzene rings is 6. The zero-order valence-corrected chi connectivity index (χ0v) is 23.9. The van der Waals surface area contributed by atoms with Gasteiger partial charge in [-0.25, -0.2) is 8.42 Å². The van der Waals surface area contributed by atoms with Crippen LogP contribution >= 0.6 is 0 Å². The van der Waals surface area contributed by atoms with Crippen molar-refractivity contribution in [2.75, 3.05) is 0 Å². The van der Waals surface area contributed by atoms with Gasteiger partial charge in [0, 0.05) is 27.2 Å². The Bertz CT molecular complexity index is 2480. The van der Waals surface area contributed by atoms with Crippen molar-refractivity contribution in [1.29, 1.82) is 0 Å². The number of para-hydroxylation sites is 3. The largest absolute Gasteiger partial charge is 0.456 e. The van der Waals surface area contributed by atoms with Crippen molar-refractivity contribution in [3.63, 3.8) is 0 Å². The number of aromatic nitrogens is 1. The summed E-state index contributed by atoms with van der Waals surface area (Å²) < 4.78 is 35.1. The summed E-state index contributed by atoms with van der Waals surface area (Å²) in [5.74, 6) is 0.0270. The normalized spacial score (nSPS) is 14.2. The fourth-order valence-electron chi connectivity index (χ4n) is 6.87. The zero-order valence-electron chi connectivity index (χ0n) is 23.1. The third-order valence-electron chi connectivity index (χ3n) is 8.79. The van der Waals surface area contributed by atoms with Gasteiger partial charge >= 0.3 is 0 Å². The SMILES string of the molecule is O=S1(=O)Cc2cc(-c3ccc4oc5ccccc5c4c3)ccc2-c2cc(-n3c4ccccc4c4ccccc43)ccc2C1. The molecule has 2 aromatic heterocycles. The molecule has 4 nitrogen and oxygen atoms in total. The van der Waals surface area contributed by atoms with Gasteiger partial charge in [0.05, 0.1) is 22.5 Å². The Morgan fingerprint density at radius 3 is 1.93 bits per heavy atom. The highest BCUT2D eigenvalue weighted by atomic mass is 32.2. The summed E-state index contributed by atoms with van der Waals surface area (Å²) in [6.45, 7) is 0. The quantitative estimate of drug-likeness (QED) is 0.206. The van der Waals surface area contributed by atoms with Crippen LogP contribution < -0.4 is 0 Å². The summed E-state index contributed by atoms with van der Waals surface area (Å²) in [5.41, 5.74) is 10.6. The highest BCUT2D eigenvalue weighted by molar-refractivity contribution is 7.89. The number of hydrogen-bond donors (Lipinski definition) is 0. The summed E-state index contributed by atoms with van der Waals surface area (Å²) in [6.07, 6.45) is 0. The molecular formula is C38H25NO3S. The molecule has 8 aromatic rings. The molecule has 43 heavy (non-hydrogen) atoms. The van der Waals surface area contributed by atoms with Crippen molar-refractivity contribution in [3.05, 3.63) is 139 Å². The first-order chi connectivity index (χ1) is 21.0. The summed E-state index contributed by atoms with van der Waals surface area (Å²) in [6, 6.07) is 43.6. The molecule has 0 spiro atoms. The van der Waals surface area contributed by atoms with Crippen LogP contribution in [0.15, 0.2) is 132 Å². The van der Waals surface area contributed by atoms with E-state index < -0.39 is 9.84 Å². The lowest BCUT2D eigenvalue weighted by atomic mass is 9.92. The lowest BCUT2D eigenvalue weighted by Crippen LogP contribution is -2.05. The van der Waals surface area contributed by atoms with Crippen LogP contribution in [0.1, 0.15) is 11.1 Å². The van der Waals surface area contributed by atoms with Crippen molar-refractivity contribution in [2.45, 2.75) is 11.5 Å². The molecule has 0 saturated carbocycles. The fourth-order valence-corrected chi connectivity index (χ4v) is 8.41. The third-order valence-corrected chi connectivity index (χ3v) is 10.3. The maximum absolute atomic E-state index is 13.4. The van der Waals surface area contributed by atoms with Gasteiger partial charge in [-0.05, 0) is 81.9 Å². The highest BCUT2D eigenvalue weighted by Gasteiger charge is 2.25. The number of nitrogens with zero attached hydrogens (tertiary/aromatic N) is 1. The van der Waals surface area contributed by atoms with E-state index in [1.54, 1.807) is 0 Å². The molecule has 0 amide bonds. The van der Waals surface area contributed by atoms with Crippen molar-refractivity contribution in [2.24, 2.45) is 0 Å². The summed E-state index contributed by atoms with van der Waals surface area (Å²) >= 11 is 0. The Balaban J connectivity index is 1.23. The smallest absolute Gasteiger partial charge is 0.158 e. The first kappa shape index (κ1) is 24.5. The number of fused-ring (bicyclic) bond motifs is 9. The maximum atomic E-state index is 13.4. The minimum Gasteiger partial charge on any atom is -0.456 e. The van der Waals surface area contributed by atoms with Crippen molar-refractivity contribution in [1.82, 2.24) is 4.57 Å². The fraction of sp³-hybridized carbons (Fsp3) is 0.0526. The van der Waals surface area contributed by atoms with Crippen LogP contribution in [0, 0.1) is 0 Å². The molecule has 1 aliphatic heterocycles. The van der Waals surface area contributed by atoms with Crippen molar-refractivity contribution in [3.8, 4) is 27.9 Å². The predicted octanol–water partition coefficient (Wildman–Crippen LogP) is 9.45. The lowest BCUT2D eigenvalue weighted by molar-refractivity contribution is 0.595. The van der Waals surface area contributed by atoms with Crippen LogP contribution in [-0.4, -0.2) is 13.0 Å². The molecule has 0 saturated heterocycles. The van der Waals surface area contributed by atoms with E-state index in [2.05, 4.69) is 95.6 Å². The van der Waals surface area contributed by atoms with E-state index in [4.69, 9.17) is 4.42 Å². The third kappa shape index (κ3) is 3.78. The topological polar surface area (TPSA) is 52.2 Å². The Labute approximate surface area is 248 Å². The second-order valence-corrected chi connectivity index (χ2v) is 13.5. The van der Waals surface area contributed by atoms with Crippen LogP contribution in [0.5, 0.6) is 0 Å². The standard InChI is InChI=1S/C38H25NO3S/c40-43(41)22-26-13-16-28(39-35-10-4-1-7-30(35)31-8-2-5-11-36(31)39)21-33(26)29-17-14-24(19-27(29)23-43)25-15-18-38-34(20-25)32-9-3-6-12-37(32)42-38/h1-21H,22-23H2. The number of rotatable bonds is 2. The Hall–Kier alpha value is -5.13. The summed E-state index contributed by atoms with van der Waals surface area (Å²) in [7, 11) is -3.36. The van der Waals surface area contributed by atoms with Crippen LogP contribution in [-0.2, 0) is 21.3 Å². The Morgan fingerprint density at radius 2 is 1.14 bits per heavy atom. The monoisotopic (exact) mass is 575 g/mol. The first-order valence-electron chi connectivity index (χ1n) is 14.4. The molecule has 0 atom stereocenters. The van der Waals surface area contributed by atoms with Gasteiger partial charge in [0.2, 0.25) is 0 Å². The molecule has 0 fully saturated rings. The van der Waals surface area contributed by atoms with Gasteiger partial charge in [-0.3, -0.25) is 0 Å². The van der Waals surface area contributed by atoms with Crippen LogP contribution in [0.2, 0.25) is 0 Å².